The summed E-state index contributed by atoms with van der Waals surface area (Å²) < 4.78 is 0. The van der Waals surface area contributed by atoms with Crippen molar-refractivity contribution in [3.05, 3.63) is 46.9 Å². The van der Waals surface area contributed by atoms with Gasteiger partial charge in [-0.05, 0) is 55.7 Å². The maximum atomic E-state index is 10.1. The van der Waals surface area contributed by atoms with Gasteiger partial charge in [0.2, 0.25) is 0 Å². The normalized spacial score (nSPS) is 9.78. The molecule has 1 aromatic carbocycles. The Balaban J connectivity index is -0.000000203. The minimum Gasteiger partial charge on any atom is -0.480 e. The standard InChI is InChI=1S/C10H13NO2.C9H18S.C5H11NO3.2C2H6/c12-10(13)8-11-7-6-9-4-2-1-3-5-9;1-4-5-6-9(7-10)8(2)3;7-3-1-2-6-4-5(8)9;2*1-2/h1-5,11H,6-8H2,(H,12,13);7-8,10H,4-6H2,1-3H3;6-7H,1-4H2,(H,8,9);2*1-2H3/b;9-7-;;;. The first-order chi connectivity index (χ1) is 17.3. The number of aliphatic hydroxyl groups excluding tert-OH is 1. The van der Waals surface area contributed by atoms with Crippen LogP contribution in [0.2, 0.25) is 0 Å². The maximum absolute atomic E-state index is 10.1. The summed E-state index contributed by atoms with van der Waals surface area (Å²) in [5, 5.41) is 32.1. The molecule has 7 nitrogen and oxygen atoms in total. The zero-order chi connectivity index (χ0) is 28.6. The van der Waals surface area contributed by atoms with Crippen molar-refractivity contribution in [3.63, 3.8) is 0 Å². The van der Waals surface area contributed by atoms with Gasteiger partial charge in [0, 0.05) is 6.61 Å². The average molecular weight is 531 g/mol. The summed E-state index contributed by atoms with van der Waals surface area (Å²) in [6, 6.07) is 9.98. The molecule has 36 heavy (non-hydrogen) atoms. The molecule has 0 atom stereocenters. The summed E-state index contributed by atoms with van der Waals surface area (Å²) in [5.41, 5.74) is 2.70. The van der Waals surface area contributed by atoms with E-state index in [1.165, 1.54) is 30.4 Å². The van der Waals surface area contributed by atoms with Crippen LogP contribution in [-0.2, 0) is 16.0 Å². The van der Waals surface area contributed by atoms with Crippen molar-refractivity contribution in [1.82, 2.24) is 10.6 Å². The van der Waals surface area contributed by atoms with Crippen molar-refractivity contribution in [2.75, 3.05) is 32.8 Å². The second-order valence-corrected chi connectivity index (χ2v) is 7.67. The number of thiol groups is 1. The number of carbonyl (C=O) groups is 2. The number of aliphatic hydroxyl groups is 1. The molecule has 0 unspecified atom stereocenters. The van der Waals surface area contributed by atoms with Crippen molar-refractivity contribution in [2.24, 2.45) is 5.92 Å². The van der Waals surface area contributed by atoms with Crippen LogP contribution in [0.3, 0.4) is 0 Å². The van der Waals surface area contributed by atoms with Crippen molar-refractivity contribution < 1.29 is 24.9 Å². The first kappa shape index (κ1) is 41.3. The third-order valence-electron chi connectivity index (χ3n) is 4.22. The Bertz CT molecular complexity index is 611. The van der Waals surface area contributed by atoms with Crippen LogP contribution < -0.4 is 10.6 Å². The second kappa shape index (κ2) is 35.3. The van der Waals surface area contributed by atoms with Crippen molar-refractivity contribution >= 4 is 24.6 Å². The number of nitrogens with one attached hydrogen (secondary N) is 2. The van der Waals surface area contributed by atoms with E-state index in [9.17, 15) is 9.59 Å². The third kappa shape index (κ3) is 36.7. The van der Waals surface area contributed by atoms with Gasteiger partial charge in [0.15, 0.2) is 0 Å². The van der Waals surface area contributed by atoms with E-state index in [1.807, 2.05) is 63.4 Å². The molecule has 212 valence electrons. The van der Waals surface area contributed by atoms with Crippen LogP contribution >= 0.6 is 12.6 Å². The van der Waals surface area contributed by atoms with Gasteiger partial charge in [-0.15, -0.1) is 0 Å². The number of carboxylic acid groups (broad SMARTS) is 2. The number of carboxylic acids is 2. The van der Waals surface area contributed by atoms with Gasteiger partial charge in [-0.3, -0.25) is 9.59 Å². The van der Waals surface area contributed by atoms with Gasteiger partial charge >= 0.3 is 11.9 Å². The number of hydrogen-bond acceptors (Lipinski definition) is 6. The lowest BCUT2D eigenvalue weighted by Crippen LogP contribution is -2.24. The highest BCUT2D eigenvalue weighted by molar-refractivity contribution is 7.83. The molecule has 0 heterocycles. The predicted molar refractivity (Wildman–Crippen MR) is 157 cm³/mol. The van der Waals surface area contributed by atoms with Crippen LogP contribution in [0.15, 0.2) is 41.3 Å². The maximum Gasteiger partial charge on any atom is 0.317 e. The average Bonchev–Trinajstić information content (AvgIpc) is 2.88. The summed E-state index contributed by atoms with van der Waals surface area (Å²) in [7, 11) is 0. The minimum absolute atomic E-state index is 0.0278. The van der Waals surface area contributed by atoms with Gasteiger partial charge in [-0.2, -0.15) is 12.6 Å². The predicted octanol–water partition coefficient (Wildman–Crippen LogP) is 5.65. The van der Waals surface area contributed by atoms with E-state index in [0.717, 1.165) is 6.42 Å². The Morgan fingerprint density at radius 1 is 0.917 bits per heavy atom. The molecule has 0 bridgehead atoms. The van der Waals surface area contributed by atoms with E-state index in [2.05, 4.69) is 44.0 Å². The number of allylic oxidation sites excluding steroid dienone is 1. The SMILES string of the molecule is CC.CC.CCCC/C(=C/S)C(C)C.O=C(O)CNCCCO.O=C(O)CNCCc1ccccc1. The highest BCUT2D eigenvalue weighted by Crippen LogP contribution is 2.17. The van der Waals surface area contributed by atoms with E-state index in [0.29, 0.717) is 25.4 Å². The molecule has 0 aliphatic heterocycles. The fourth-order valence-corrected chi connectivity index (χ4v) is 2.78. The molecule has 1 aromatic rings. The highest BCUT2D eigenvalue weighted by Gasteiger charge is 2.00. The third-order valence-corrected chi connectivity index (χ3v) is 4.56. The summed E-state index contributed by atoms with van der Waals surface area (Å²) in [4.78, 5) is 20.0. The molecule has 0 spiro atoms. The van der Waals surface area contributed by atoms with Gasteiger partial charge in [0.25, 0.3) is 0 Å². The van der Waals surface area contributed by atoms with Gasteiger partial charge in [-0.1, -0.05) is 90.8 Å². The van der Waals surface area contributed by atoms with Crippen LogP contribution in [0.5, 0.6) is 0 Å². The highest BCUT2D eigenvalue weighted by atomic mass is 32.1. The minimum atomic E-state index is -0.868. The molecule has 0 radical (unpaired) electrons. The van der Waals surface area contributed by atoms with Crippen LogP contribution in [0.4, 0.5) is 0 Å². The molecule has 0 aromatic heterocycles. The topological polar surface area (TPSA) is 119 Å². The van der Waals surface area contributed by atoms with E-state index in [-0.39, 0.29) is 19.7 Å². The summed E-state index contributed by atoms with van der Waals surface area (Å²) in [6.07, 6.45) is 5.27. The van der Waals surface area contributed by atoms with Crippen molar-refractivity contribution in [1.29, 1.82) is 0 Å². The number of hydrogen-bond donors (Lipinski definition) is 6. The van der Waals surface area contributed by atoms with Crippen molar-refractivity contribution in [2.45, 2.75) is 80.6 Å². The number of aliphatic carboxylic acids is 2. The molecule has 5 N–H and O–H groups in total. The van der Waals surface area contributed by atoms with Gasteiger partial charge in [0.05, 0.1) is 13.1 Å². The molecule has 0 fully saturated rings. The summed E-state index contributed by atoms with van der Waals surface area (Å²) in [6.45, 7) is 16.0. The first-order valence-electron chi connectivity index (χ1n) is 13.1. The molecule has 0 aliphatic rings. The lowest BCUT2D eigenvalue weighted by atomic mass is 10.00. The molecule has 0 saturated heterocycles. The molecular weight excluding hydrogens is 476 g/mol. The molecular formula is C28H54N2O5S. The zero-order valence-corrected chi connectivity index (χ0v) is 24.6. The molecule has 0 aliphatic carbocycles. The fourth-order valence-electron chi connectivity index (χ4n) is 2.36. The monoisotopic (exact) mass is 530 g/mol. The smallest absolute Gasteiger partial charge is 0.317 e. The first-order valence-corrected chi connectivity index (χ1v) is 13.6. The van der Waals surface area contributed by atoms with E-state index in [1.54, 1.807) is 0 Å². The number of unbranched alkanes of at least 4 members (excludes halogenated alkanes) is 1. The van der Waals surface area contributed by atoms with Gasteiger partial charge in [0.1, 0.15) is 0 Å². The zero-order valence-electron chi connectivity index (χ0n) is 23.7. The second-order valence-electron chi connectivity index (χ2n) is 7.42. The van der Waals surface area contributed by atoms with Crippen molar-refractivity contribution in [3.8, 4) is 0 Å². The van der Waals surface area contributed by atoms with Crippen LogP contribution in [0.25, 0.3) is 0 Å². The largest absolute Gasteiger partial charge is 0.480 e. The quantitative estimate of drug-likeness (QED) is 0.136. The Kier molecular flexibility index (Phi) is 40.5. The van der Waals surface area contributed by atoms with Crippen LogP contribution in [0.1, 0.15) is 79.7 Å². The molecule has 1 rings (SSSR count). The molecule has 0 saturated carbocycles. The fraction of sp³-hybridized carbons (Fsp3) is 0.643. The lowest BCUT2D eigenvalue weighted by Gasteiger charge is -2.08. The van der Waals surface area contributed by atoms with E-state index >= 15 is 0 Å². The summed E-state index contributed by atoms with van der Waals surface area (Å²) >= 11 is 4.17. The van der Waals surface area contributed by atoms with Crippen LogP contribution in [-0.4, -0.2) is 60.0 Å². The molecule has 8 heteroatoms. The number of benzene rings is 1. The molecule has 0 amide bonds. The van der Waals surface area contributed by atoms with E-state index < -0.39 is 11.9 Å². The van der Waals surface area contributed by atoms with Crippen LogP contribution in [0, 0.1) is 5.92 Å². The Morgan fingerprint density at radius 2 is 1.42 bits per heavy atom. The summed E-state index contributed by atoms with van der Waals surface area (Å²) in [5.74, 6) is -1.01. The Hall–Kier alpha value is -1.87. The van der Waals surface area contributed by atoms with Gasteiger partial charge < -0.3 is 26.0 Å². The number of rotatable bonds is 14. The van der Waals surface area contributed by atoms with E-state index in [4.69, 9.17) is 15.3 Å². The Labute approximate surface area is 226 Å². The van der Waals surface area contributed by atoms with Gasteiger partial charge in [-0.25, -0.2) is 0 Å². The Morgan fingerprint density at radius 3 is 1.81 bits per heavy atom. The lowest BCUT2D eigenvalue weighted by molar-refractivity contribution is -0.136.